The first-order valence-electron chi connectivity index (χ1n) is 5.07. The standard InChI is InChI=1S/C10H13F2N3O3S/c1-10(2,9(13)14-16)15-19(17,18)6-3-4-7(11)8(12)5-6/h3-5,15-16H,1-2H3,(H2,13,14). The van der Waals surface area contributed by atoms with E-state index in [0.717, 1.165) is 6.07 Å². The van der Waals surface area contributed by atoms with Crippen molar-refractivity contribution >= 4 is 15.9 Å². The van der Waals surface area contributed by atoms with Gasteiger partial charge in [0, 0.05) is 0 Å². The molecule has 106 valence electrons. The first kappa shape index (κ1) is 15.3. The molecule has 0 aliphatic carbocycles. The fourth-order valence-electron chi connectivity index (χ4n) is 1.22. The minimum absolute atomic E-state index is 0.376. The van der Waals surface area contributed by atoms with Gasteiger partial charge in [-0.3, -0.25) is 0 Å². The quantitative estimate of drug-likeness (QED) is 0.330. The third kappa shape index (κ3) is 3.38. The van der Waals surface area contributed by atoms with Gasteiger partial charge in [0.1, 0.15) is 0 Å². The molecule has 4 N–H and O–H groups in total. The van der Waals surface area contributed by atoms with Gasteiger partial charge in [-0.25, -0.2) is 17.2 Å². The highest BCUT2D eigenvalue weighted by Gasteiger charge is 2.30. The maximum absolute atomic E-state index is 13.0. The summed E-state index contributed by atoms with van der Waals surface area (Å²) in [7, 11) is -4.14. The van der Waals surface area contributed by atoms with Crippen molar-refractivity contribution in [2.45, 2.75) is 24.3 Å². The van der Waals surface area contributed by atoms with Crippen molar-refractivity contribution in [3.05, 3.63) is 29.8 Å². The number of hydrogen-bond donors (Lipinski definition) is 3. The van der Waals surface area contributed by atoms with Gasteiger partial charge in [0.25, 0.3) is 0 Å². The van der Waals surface area contributed by atoms with E-state index in [2.05, 4.69) is 9.88 Å². The van der Waals surface area contributed by atoms with Gasteiger partial charge in [-0.15, -0.1) is 0 Å². The van der Waals surface area contributed by atoms with Crippen molar-refractivity contribution < 1.29 is 22.4 Å². The molecule has 9 heteroatoms. The molecule has 0 spiro atoms. The summed E-state index contributed by atoms with van der Waals surface area (Å²) in [5.41, 5.74) is 3.94. The molecular weight excluding hydrogens is 280 g/mol. The molecule has 0 atom stereocenters. The lowest BCUT2D eigenvalue weighted by molar-refractivity contribution is 0.312. The molecule has 0 heterocycles. The largest absolute Gasteiger partial charge is 0.409 e. The Morgan fingerprint density at radius 1 is 1.37 bits per heavy atom. The second-order valence-electron chi connectivity index (χ2n) is 4.29. The first-order valence-corrected chi connectivity index (χ1v) is 6.55. The first-order chi connectivity index (χ1) is 8.60. The van der Waals surface area contributed by atoms with Crippen LogP contribution < -0.4 is 10.5 Å². The Balaban J connectivity index is 3.15. The third-order valence-electron chi connectivity index (χ3n) is 2.34. The van der Waals surface area contributed by atoms with Crippen LogP contribution in [-0.2, 0) is 10.0 Å². The number of benzene rings is 1. The van der Waals surface area contributed by atoms with Gasteiger partial charge in [-0.2, -0.15) is 4.72 Å². The number of hydrogen-bond acceptors (Lipinski definition) is 4. The lowest BCUT2D eigenvalue weighted by Gasteiger charge is -2.24. The Kier molecular flexibility index (Phi) is 4.11. The summed E-state index contributed by atoms with van der Waals surface area (Å²) < 4.78 is 51.7. The van der Waals surface area contributed by atoms with E-state index < -0.39 is 32.1 Å². The van der Waals surface area contributed by atoms with Crippen molar-refractivity contribution in [3.8, 4) is 0 Å². The van der Waals surface area contributed by atoms with E-state index in [0.29, 0.717) is 12.1 Å². The number of nitrogens with zero attached hydrogens (tertiary/aromatic N) is 1. The van der Waals surface area contributed by atoms with Crippen LogP contribution in [0.15, 0.2) is 28.3 Å². The second-order valence-corrected chi connectivity index (χ2v) is 5.97. The zero-order valence-corrected chi connectivity index (χ0v) is 11.0. The molecular formula is C10H13F2N3O3S. The van der Waals surface area contributed by atoms with E-state index >= 15 is 0 Å². The van der Waals surface area contributed by atoms with Crippen LogP contribution in [0.2, 0.25) is 0 Å². The number of oxime groups is 1. The lowest BCUT2D eigenvalue weighted by Crippen LogP contribution is -2.52. The summed E-state index contributed by atoms with van der Waals surface area (Å²) in [6.45, 7) is 2.69. The van der Waals surface area contributed by atoms with Gasteiger partial charge in [-0.05, 0) is 32.0 Å². The molecule has 1 aromatic carbocycles. The summed E-state index contributed by atoms with van der Waals surface area (Å²) in [6.07, 6.45) is 0. The molecule has 0 saturated carbocycles. The molecule has 1 rings (SSSR count). The van der Waals surface area contributed by atoms with Crippen LogP contribution in [0.25, 0.3) is 0 Å². The zero-order chi connectivity index (χ0) is 14.8. The Hall–Kier alpha value is -1.74. The van der Waals surface area contributed by atoms with Gasteiger partial charge in [0.15, 0.2) is 17.5 Å². The van der Waals surface area contributed by atoms with Crippen LogP contribution in [0.4, 0.5) is 8.78 Å². The molecule has 0 fully saturated rings. The van der Waals surface area contributed by atoms with Crippen LogP contribution in [0.1, 0.15) is 13.8 Å². The SMILES string of the molecule is CC(C)(NS(=O)(=O)c1ccc(F)c(F)c1)/C(N)=N/O. The van der Waals surface area contributed by atoms with Crippen LogP contribution in [0, 0.1) is 11.6 Å². The summed E-state index contributed by atoms with van der Waals surface area (Å²) in [6, 6.07) is 2.14. The van der Waals surface area contributed by atoms with Crippen LogP contribution >= 0.6 is 0 Å². The van der Waals surface area contributed by atoms with Crippen molar-refractivity contribution in [2.24, 2.45) is 10.9 Å². The molecule has 0 unspecified atom stereocenters. The van der Waals surface area contributed by atoms with E-state index in [1.54, 1.807) is 0 Å². The van der Waals surface area contributed by atoms with Crippen molar-refractivity contribution in [1.82, 2.24) is 4.72 Å². The van der Waals surface area contributed by atoms with Crippen LogP contribution in [0.3, 0.4) is 0 Å². The number of nitrogens with one attached hydrogen (secondary N) is 1. The van der Waals surface area contributed by atoms with Gasteiger partial charge < -0.3 is 10.9 Å². The molecule has 0 aromatic heterocycles. The van der Waals surface area contributed by atoms with E-state index in [1.807, 2.05) is 0 Å². The normalized spacial score (nSPS) is 13.6. The molecule has 0 aliphatic heterocycles. The third-order valence-corrected chi connectivity index (χ3v) is 3.99. The van der Waals surface area contributed by atoms with E-state index in [1.165, 1.54) is 13.8 Å². The lowest BCUT2D eigenvalue weighted by atomic mass is 10.1. The summed E-state index contributed by atoms with van der Waals surface area (Å²) >= 11 is 0. The number of sulfonamides is 1. The average Bonchev–Trinajstić information content (AvgIpc) is 2.30. The Morgan fingerprint density at radius 2 is 1.95 bits per heavy atom. The van der Waals surface area contributed by atoms with E-state index in [-0.39, 0.29) is 5.84 Å². The maximum Gasteiger partial charge on any atom is 0.241 e. The Bertz CT molecular complexity index is 614. The molecule has 0 radical (unpaired) electrons. The zero-order valence-electron chi connectivity index (χ0n) is 10.2. The minimum Gasteiger partial charge on any atom is -0.409 e. The minimum atomic E-state index is -4.14. The van der Waals surface area contributed by atoms with Crippen molar-refractivity contribution in [2.75, 3.05) is 0 Å². The van der Waals surface area contributed by atoms with Crippen LogP contribution in [0.5, 0.6) is 0 Å². The maximum atomic E-state index is 13.0. The topological polar surface area (TPSA) is 105 Å². The van der Waals surface area contributed by atoms with E-state index in [4.69, 9.17) is 10.9 Å². The highest BCUT2D eigenvalue weighted by Crippen LogP contribution is 2.16. The molecule has 0 amide bonds. The molecule has 19 heavy (non-hydrogen) atoms. The molecule has 6 nitrogen and oxygen atoms in total. The Morgan fingerprint density at radius 3 is 2.42 bits per heavy atom. The Labute approximate surface area is 109 Å². The summed E-state index contributed by atoms with van der Waals surface area (Å²) in [5.74, 6) is -2.82. The molecule has 0 saturated heterocycles. The predicted molar refractivity (Wildman–Crippen MR) is 64.2 cm³/mol. The predicted octanol–water partition coefficient (Wildman–Crippen LogP) is 0.768. The van der Waals surface area contributed by atoms with Gasteiger partial charge in [0.05, 0.1) is 10.4 Å². The highest BCUT2D eigenvalue weighted by atomic mass is 32.2. The average molecular weight is 293 g/mol. The number of rotatable bonds is 4. The molecule has 0 aliphatic rings. The van der Waals surface area contributed by atoms with E-state index in [9.17, 15) is 17.2 Å². The number of halogens is 2. The number of nitrogens with two attached hydrogens (primary N) is 1. The monoisotopic (exact) mass is 293 g/mol. The van der Waals surface area contributed by atoms with Gasteiger partial charge in [0.2, 0.25) is 10.0 Å². The smallest absolute Gasteiger partial charge is 0.241 e. The second kappa shape index (κ2) is 5.10. The van der Waals surface area contributed by atoms with Gasteiger partial charge >= 0.3 is 0 Å². The van der Waals surface area contributed by atoms with Gasteiger partial charge in [-0.1, -0.05) is 5.16 Å². The fourth-order valence-corrected chi connectivity index (χ4v) is 2.62. The fraction of sp³-hybridized carbons (Fsp3) is 0.300. The number of amidine groups is 1. The van der Waals surface area contributed by atoms with Crippen molar-refractivity contribution in [3.63, 3.8) is 0 Å². The van der Waals surface area contributed by atoms with Crippen LogP contribution in [-0.4, -0.2) is 25.0 Å². The summed E-state index contributed by atoms with van der Waals surface area (Å²) in [4.78, 5) is -0.467. The summed E-state index contributed by atoms with van der Waals surface area (Å²) in [5, 5.41) is 11.2. The van der Waals surface area contributed by atoms with Crippen molar-refractivity contribution in [1.29, 1.82) is 0 Å². The molecule has 1 aromatic rings. The highest BCUT2D eigenvalue weighted by molar-refractivity contribution is 7.89. The molecule has 0 bridgehead atoms.